The van der Waals surface area contributed by atoms with Crippen molar-refractivity contribution >= 4 is 5.96 Å². The number of piperidine rings is 1. The zero-order valence-electron chi connectivity index (χ0n) is 15.9. The van der Waals surface area contributed by atoms with Crippen LogP contribution in [0.3, 0.4) is 0 Å². The molecule has 0 bridgehead atoms. The average molecular weight is 388 g/mol. The standard InChI is InChI=1S/C19H28F4N4/c1-3-8-27-9-6-14(7-10-27)12-25-18(24-2)26-13-15-4-5-16(20)11-17(15)19(21,22)23/h4-5,11,14H,3,6-10,12-13H2,1-2H3,(H2,24,25,26). The topological polar surface area (TPSA) is 39.7 Å². The Morgan fingerprint density at radius 3 is 2.52 bits per heavy atom. The molecule has 1 aliphatic rings. The summed E-state index contributed by atoms with van der Waals surface area (Å²) < 4.78 is 52.4. The monoisotopic (exact) mass is 388 g/mol. The summed E-state index contributed by atoms with van der Waals surface area (Å²) in [6.45, 7) is 6.11. The number of guanidine groups is 1. The molecule has 27 heavy (non-hydrogen) atoms. The summed E-state index contributed by atoms with van der Waals surface area (Å²) in [6.07, 6.45) is -1.24. The molecular formula is C19H28F4N4. The molecule has 0 amide bonds. The fourth-order valence-corrected chi connectivity index (χ4v) is 3.34. The van der Waals surface area contributed by atoms with Gasteiger partial charge in [0.2, 0.25) is 0 Å². The molecular weight excluding hydrogens is 360 g/mol. The average Bonchev–Trinajstić information content (AvgIpc) is 2.63. The number of halogens is 4. The maximum atomic E-state index is 13.2. The van der Waals surface area contributed by atoms with Crippen LogP contribution in [0, 0.1) is 11.7 Å². The molecule has 1 saturated heterocycles. The molecule has 0 aromatic heterocycles. The maximum absolute atomic E-state index is 13.2. The molecule has 0 atom stereocenters. The molecule has 1 heterocycles. The van der Waals surface area contributed by atoms with Gasteiger partial charge in [0.1, 0.15) is 5.82 Å². The highest BCUT2D eigenvalue weighted by molar-refractivity contribution is 5.79. The van der Waals surface area contributed by atoms with E-state index in [1.807, 2.05) is 0 Å². The number of aliphatic imine (C=N–C) groups is 1. The quantitative estimate of drug-likeness (QED) is 0.444. The summed E-state index contributed by atoms with van der Waals surface area (Å²) in [6, 6.07) is 2.71. The van der Waals surface area contributed by atoms with Crippen LogP contribution >= 0.6 is 0 Å². The minimum Gasteiger partial charge on any atom is -0.356 e. The third-order valence-electron chi connectivity index (χ3n) is 4.85. The van der Waals surface area contributed by atoms with Crippen molar-refractivity contribution in [3.8, 4) is 0 Å². The molecule has 1 aromatic rings. The zero-order valence-corrected chi connectivity index (χ0v) is 15.9. The number of hydrogen-bond donors (Lipinski definition) is 2. The van der Waals surface area contributed by atoms with Crippen molar-refractivity contribution < 1.29 is 17.6 Å². The lowest BCUT2D eigenvalue weighted by Gasteiger charge is -2.32. The molecule has 0 aliphatic carbocycles. The predicted octanol–water partition coefficient (Wildman–Crippen LogP) is 3.63. The highest BCUT2D eigenvalue weighted by Gasteiger charge is 2.33. The number of benzene rings is 1. The van der Waals surface area contributed by atoms with Gasteiger partial charge in [-0.2, -0.15) is 13.2 Å². The Bertz CT molecular complexity index is 623. The third kappa shape index (κ3) is 6.68. The summed E-state index contributed by atoms with van der Waals surface area (Å²) in [5.41, 5.74) is -0.978. The van der Waals surface area contributed by atoms with Crippen molar-refractivity contribution in [1.82, 2.24) is 15.5 Å². The number of hydrogen-bond acceptors (Lipinski definition) is 2. The molecule has 1 fully saturated rings. The Hall–Kier alpha value is -1.83. The van der Waals surface area contributed by atoms with E-state index in [0.717, 1.165) is 57.6 Å². The van der Waals surface area contributed by atoms with Crippen molar-refractivity contribution in [2.24, 2.45) is 10.9 Å². The van der Waals surface area contributed by atoms with Crippen LogP contribution in [0.5, 0.6) is 0 Å². The minimum absolute atomic E-state index is 0.0141. The maximum Gasteiger partial charge on any atom is 0.416 e. The van der Waals surface area contributed by atoms with Gasteiger partial charge in [-0.15, -0.1) is 0 Å². The second-order valence-electron chi connectivity index (χ2n) is 6.89. The molecule has 0 radical (unpaired) electrons. The molecule has 2 N–H and O–H groups in total. The van der Waals surface area contributed by atoms with Gasteiger partial charge in [0.05, 0.1) is 5.56 Å². The van der Waals surface area contributed by atoms with Gasteiger partial charge in [0, 0.05) is 20.1 Å². The van der Waals surface area contributed by atoms with E-state index in [2.05, 4.69) is 27.4 Å². The van der Waals surface area contributed by atoms with E-state index in [1.165, 1.54) is 0 Å². The van der Waals surface area contributed by atoms with Crippen molar-refractivity contribution in [2.75, 3.05) is 33.2 Å². The molecule has 152 valence electrons. The zero-order chi connectivity index (χ0) is 19.9. The lowest BCUT2D eigenvalue weighted by molar-refractivity contribution is -0.138. The highest BCUT2D eigenvalue weighted by Crippen LogP contribution is 2.32. The van der Waals surface area contributed by atoms with Crippen molar-refractivity contribution in [2.45, 2.75) is 38.9 Å². The van der Waals surface area contributed by atoms with Crippen LogP contribution < -0.4 is 10.6 Å². The van der Waals surface area contributed by atoms with Crippen molar-refractivity contribution in [3.63, 3.8) is 0 Å². The Kier molecular flexibility index (Phi) is 7.89. The molecule has 0 unspecified atom stereocenters. The minimum atomic E-state index is -4.59. The van der Waals surface area contributed by atoms with Gasteiger partial charge in [-0.1, -0.05) is 13.0 Å². The van der Waals surface area contributed by atoms with Crippen LogP contribution in [0.2, 0.25) is 0 Å². The van der Waals surface area contributed by atoms with Crippen molar-refractivity contribution in [3.05, 3.63) is 35.1 Å². The second-order valence-corrected chi connectivity index (χ2v) is 6.89. The van der Waals surface area contributed by atoms with E-state index in [4.69, 9.17) is 0 Å². The molecule has 1 aromatic carbocycles. The Morgan fingerprint density at radius 1 is 1.22 bits per heavy atom. The van der Waals surface area contributed by atoms with Crippen LogP contribution in [-0.2, 0) is 12.7 Å². The first-order chi connectivity index (χ1) is 12.8. The summed E-state index contributed by atoms with van der Waals surface area (Å²) >= 11 is 0. The van der Waals surface area contributed by atoms with E-state index < -0.39 is 17.6 Å². The van der Waals surface area contributed by atoms with E-state index in [-0.39, 0.29) is 12.1 Å². The summed E-state index contributed by atoms with van der Waals surface area (Å²) in [5, 5.41) is 6.08. The first-order valence-corrected chi connectivity index (χ1v) is 9.36. The molecule has 0 spiro atoms. The number of likely N-dealkylation sites (tertiary alicyclic amines) is 1. The van der Waals surface area contributed by atoms with Crippen LogP contribution in [0.15, 0.2) is 23.2 Å². The Balaban J connectivity index is 1.85. The first kappa shape index (κ1) is 21.5. The lowest BCUT2D eigenvalue weighted by atomic mass is 9.97. The van der Waals surface area contributed by atoms with Gasteiger partial charge in [-0.05, 0) is 62.5 Å². The fraction of sp³-hybridized carbons (Fsp3) is 0.632. The Morgan fingerprint density at radius 2 is 1.93 bits per heavy atom. The summed E-state index contributed by atoms with van der Waals surface area (Å²) in [7, 11) is 1.58. The van der Waals surface area contributed by atoms with E-state index in [0.29, 0.717) is 17.9 Å². The molecule has 8 heteroatoms. The number of alkyl halides is 3. The highest BCUT2D eigenvalue weighted by atomic mass is 19.4. The Labute approximate surface area is 158 Å². The van der Waals surface area contributed by atoms with Crippen LogP contribution in [0.25, 0.3) is 0 Å². The van der Waals surface area contributed by atoms with Crippen molar-refractivity contribution in [1.29, 1.82) is 0 Å². The van der Waals surface area contributed by atoms with Gasteiger partial charge in [0.25, 0.3) is 0 Å². The first-order valence-electron chi connectivity index (χ1n) is 9.36. The van der Waals surface area contributed by atoms with Gasteiger partial charge in [-0.25, -0.2) is 4.39 Å². The normalized spacial score (nSPS) is 17.2. The van der Waals surface area contributed by atoms with Crippen LogP contribution in [0.4, 0.5) is 17.6 Å². The largest absolute Gasteiger partial charge is 0.416 e. The smallest absolute Gasteiger partial charge is 0.356 e. The summed E-state index contributed by atoms with van der Waals surface area (Å²) in [5.74, 6) is 0.0691. The van der Waals surface area contributed by atoms with Gasteiger partial charge in [-0.3, -0.25) is 4.99 Å². The number of rotatable bonds is 6. The predicted molar refractivity (Wildman–Crippen MR) is 99.1 cm³/mol. The van der Waals surface area contributed by atoms with Gasteiger partial charge >= 0.3 is 6.18 Å². The SMILES string of the molecule is CCCN1CCC(CNC(=NC)NCc2ccc(F)cc2C(F)(F)F)CC1. The fourth-order valence-electron chi connectivity index (χ4n) is 3.34. The third-order valence-corrected chi connectivity index (χ3v) is 4.85. The molecule has 4 nitrogen and oxygen atoms in total. The number of nitrogens with zero attached hydrogens (tertiary/aromatic N) is 2. The van der Waals surface area contributed by atoms with Crippen LogP contribution in [-0.4, -0.2) is 44.1 Å². The van der Waals surface area contributed by atoms with E-state index in [9.17, 15) is 17.6 Å². The molecule has 2 rings (SSSR count). The summed E-state index contributed by atoms with van der Waals surface area (Å²) in [4.78, 5) is 6.53. The molecule has 0 saturated carbocycles. The lowest BCUT2D eigenvalue weighted by Crippen LogP contribution is -2.42. The van der Waals surface area contributed by atoms with Gasteiger partial charge < -0.3 is 15.5 Å². The molecule has 1 aliphatic heterocycles. The second kappa shape index (κ2) is 9.92. The van der Waals surface area contributed by atoms with Gasteiger partial charge in [0.15, 0.2) is 5.96 Å². The van der Waals surface area contributed by atoms with Crippen LogP contribution in [0.1, 0.15) is 37.3 Å². The van der Waals surface area contributed by atoms with E-state index >= 15 is 0 Å². The number of nitrogens with one attached hydrogen (secondary N) is 2. The van der Waals surface area contributed by atoms with E-state index in [1.54, 1.807) is 7.05 Å².